The Morgan fingerprint density at radius 2 is 2.20 bits per heavy atom. The van der Waals surface area contributed by atoms with Crippen LogP contribution in [0.4, 0.5) is 0 Å². The molecular weight excluding hydrogens is 173 g/mol. The molecule has 0 saturated heterocycles. The maximum Gasteiger partial charge on any atom is 0.0922 e. The van der Waals surface area contributed by atoms with Gasteiger partial charge >= 0.3 is 0 Å². The summed E-state index contributed by atoms with van der Waals surface area (Å²) in [5.74, 6) is 0. The van der Waals surface area contributed by atoms with E-state index < -0.39 is 0 Å². The van der Waals surface area contributed by atoms with Crippen molar-refractivity contribution in [3.63, 3.8) is 0 Å². The second-order valence-electron chi connectivity index (χ2n) is 1.80. The van der Waals surface area contributed by atoms with Crippen LogP contribution in [0.15, 0.2) is 12.5 Å². The molecule has 10 heavy (non-hydrogen) atoms. The summed E-state index contributed by atoms with van der Waals surface area (Å²) in [6.07, 6.45) is 3.35. The van der Waals surface area contributed by atoms with Crippen LogP contribution in [0.3, 0.4) is 0 Å². The molecule has 0 radical (unpaired) electrons. The number of H-pyrrole nitrogens is 1. The Morgan fingerprint density at radius 3 is 2.40 bits per heavy atom. The SMILES string of the molecule is C[C@@H](N)c1cnc[nH]1.Cl.Cl. The smallest absolute Gasteiger partial charge is 0.0922 e. The lowest BCUT2D eigenvalue weighted by Gasteiger charge is -1.96. The van der Waals surface area contributed by atoms with Crippen molar-refractivity contribution >= 4 is 24.8 Å². The zero-order valence-electron chi connectivity index (χ0n) is 5.57. The first kappa shape index (κ1) is 12.4. The second kappa shape index (κ2) is 5.53. The molecule has 3 N–H and O–H groups in total. The third-order valence-electron chi connectivity index (χ3n) is 1.01. The van der Waals surface area contributed by atoms with Crippen molar-refractivity contribution in [3.05, 3.63) is 18.2 Å². The van der Waals surface area contributed by atoms with Gasteiger partial charge in [0.2, 0.25) is 0 Å². The van der Waals surface area contributed by atoms with E-state index in [0.717, 1.165) is 5.69 Å². The van der Waals surface area contributed by atoms with Gasteiger partial charge in [-0.25, -0.2) is 4.98 Å². The van der Waals surface area contributed by atoms with Crippen LogP contribution in [0.1, 0.15) is 18.7 Å². The van der Waals surface area contributed by atoms with Gasteiger partial charge in [-0.2, -0.15) is 0 Å². The topological polar surface area (TPSA) is 54.7 Å². The van der Waals surface area contributed by atoms with Gasteiger partial charge < -0.3 is 10.7 Å². The summed E-state index contributed by atoms with van der Waals surface area (Å²) in [4.78, 5) is 6.71. The Labute approximate surface area is 72.2 Å². The summed E-state index contributed by atoms with van der Waals surface area (Å²) in [5, 5.41) is 0. The minimum absolute atomic E-state index is 0. The summed E-state index contributed by atoms with van der Waals surface area (Å²) in [6, 6.07) is 0.0671. The van der Waals surface area contributed by atoms with E-state index in [1.807, 2.05) is 6.92 Å². The Kier molecular flexibility index (Phi) is 6.87. The highest BCUT2D eigenvalue weighted by molar-refractivity contribution is 5.85. The Hall–Kier alpha value is -0.250. The van der Waals surface area contributed by atoms with E-state index in [9.17, 15) is 0 Å². The minimum Gasteiger partial charge on any atom is -0.347 e. The molecule has 3 nitrogen and oxygen atoms in total. The number of imidazole rings is 1. The molecule has 5 heteroatoms. The fourth-order valence-corrected chi connectivity index (χ4v) is 0.516. The first-order valence-electron chi connectivity index (χ1n) is 2.54. The van der Waals surface area contributed by atoms with E-state index in [0.29, 0.717) is 0 Å². The lowest BCUT2D eigenvalue weighted by atomic mass is 10.3. The number of nitrogens with two attached hydrogens (primary N) is 1. The average Bonchev–Trinajstić information content (AvgIpc) is 2.12. The molecule has 1 rings (SSSR count). The predicted molar refractivity (Wildman–Crippen MR) is 45.7 cm³/mol. The van der Waals surface area contributed by atoms with Crippen molar-refractivity contribution in [2.45, 2.75) is 13.0 Å². The lowest BCUT2D eigenvalue weighted by Crippen LogP contribution is -2.04. The number of aromatic nitrogens is 2. The van der Waals surface area contributed by atoms with Gasteiger partial charge in [0, 0.05) is 12.2 Å². The molecule has 0 aliphatic carbocycles. The number of halogens is 2. The van der Waals surface area contributed by atoms with Gasteiger partial charge in [0.15, 0.2) is 0 Å². The van der Waals surface area contributed by atoms with Crippen molar-refractivity contribution in [1.82, 2.24) is 9.97 Å². The number of rotatable bonds is 1. The zero-order valence-corrected chi connectivity index (χ0v) is 7.21. The Bertz CT molecular complexity index is 150. The molecule has 0 aliphatic heterocycles. The summed E-state index contributed by atoms with van der Waals surface area (Å²) in [6.45, 7) is 1.91. The summed E-state index contributed by atoms with van der Waals surface area (Å²) in [7, 11) is 0. The molecule has 0 aromatic carbocycles. The van der Waals surface area contributed by atoms with Gasteiger partial charge in [-0.3, -0.25) is 0 Å². The number of nitrogens with one attached hydrogen (secondary N) is 1. The van der Waals surface area contributed by atoms with E-state index >= 15 is 0 Å². The van der Waals surface area contributed by atoms with Crippen molar-refractivity contribution in [3.8, 4) is 0 Å². The fraction of sp³-hybridized carbons (Fsp3) is 0.400. The summed E-state index contributed by atoms with van der Waals surface area (Å²) in [5.41, 5.74) is 6.46. The molecule has 60 valence electrons. The summed E-state index contributed by atoms with van der Waals surface area (Å²) < 4.78 is 0. The Balaban J connectivity index is 0. The van der Waals surface area contributed by atoms with Gasteiger partial charge in [0.25, 0.3) is 0 Å². The monoisotopic (exact) mass is 183 g/mol. The van der Waals surface area contributed by atoms with E-state index in [2.05, 4.69) is 9.97 Å². The van der Waals surface area contributed by atoms with Gasteiger partial charge in [-0.05, 0) is 6.92 Å². The normalized spacial score (nSPS) is 11.0. The molecule has 0 spiro atoms. The molecule has 1 heterocycles. The number of hydrogen-bond donors (Lipinski definition) is 2. The standard InChI is InChI=1S/C5H9N3.2ClH/c1-4(6)5-2-7-3-8-5;;/h2-4H,6H2,1H3,(H,7,8);2*1H/t4-;;/m1../s1. The van der Waals surface area contributed by atoms with E-state index in [1.165, 1.54) is 0 Å². The first-order valence-corrected chi connectivity index (χ1v) is 2.54. The quantitative estimate of drug-likeness (QED) is 0.690. The third kappa shape index (κ3) is 3.06. The van der Waals surface area contributed by atoms with Crippen molar-refractivity contribution in [2.75, 3.05) is 0 Å². The second-order valence-corrected chi connectivity index (χ2v) is 1.80. The maximum absolute atomic E-state index is 5.49. The highest BCUT2D eigenvalue weighted by Gasteiger charge is 1.96. The number of nitrogens with zero attached hydrogens (tertiary/aromatic N) is 1. The van der Waals surface area contributed by atoms with Crippen LogP contribution in [0.2, 0.25) is 0 Å². The molecule has 0 fully saturated rings. The van der Waals surface area contributed by atoms with Crippen LogP contribution in [0, 0.1) is 0 Å². The highest BCUT2D eigenvalue weighted by atomic mass is 35.5. The third-order valence-corrected chi connectivity index (χ3v) is 1.01. The van der Waals surface area contributed by atoms with Gasteiger partial charge in [-0.15, -0.1) is 24.8 Å². The molecule has 0 bridgehead atoms. The van der Waals surface area contributed by atoms with Crippen LogP contribution in [-0.4, -0.2) is 9.97 Å². The van der Waals surface area contributed by atoms with Crippen molar-refractivity contribution in [2.24, 2.45) is 5.73 Å². The van der Waals surface area contributed by atoms with Gasteiger partial charge in [-0.1, -0.05) is 0 Å². The lowest BCUT2D eigenvalue weighted by molar-refractivity contribution is 0.789. The zero-order chi connectivity index (χ0) is 5.98. The molecule has 0 unspecified atom stereocenters. The van der Waals surface area contributed by atoms with Crippen LogP contribution in [0.25, 0.3) is 0 Å². The van der Waals surface area contributed by atoms with Gasteiger partial charge in [0.05, 0.1) is 12.0 Å². The van der Waals surface area contributed by atoms with Gasteiger partial charge in [0.1, 0.15) is 0 Å². The molecule has 1 aromatic heterocycles. The molecule has 0 saturated carbocycles. The Morgan fingerprint density at radius 1 is 1.60 bits per heavy atom. The van der Waals surface area contributed by atoms with E-state index in [4.69, 9.17) is 5.73 Å². The molecule has 1 aromatic rings. The fourth-order valence-electron chi connectivity index (χ4n) is 0.516. The summed E-state index contributed by atoms with van der Waals surface area (Å²) >= 11 is 0. The molecule has 0 aliphatic rings. The molecular formula is C5H11Cl2N3. The average molecular weight is 184 g/mol. The van der Waals surface area contributed by atoms with Crippen LogP contribution >= 0.6 is 24.8 Å². The predicted octanol–water partition coefficient (Wildman–Crippen LogP) is 1.27. The highest BCUT2D eigenvalue weighted by Crippen LogP contribution is 2.00. The van der Waals surface area contributed by atoms with Crippen molar-refractivity contribution in [1.29, 1.82) is 0 Å². The number of hydrogen-bond acceptors (Lipinski definition) is 2. The van der Waals surface area contributed by atoms with E-state index in [1.54, 1.807) is 12.5 Å². The maximum atomic E-state index is 5.49. The van der Waals surface area contributed by atoms with Crippen molar-refractivity contribution < 1.29 is 0 Å². The van der Waals surface area contributed by atoms with Crippen LogP contribution < -0.4 is 5.73 Å². The van der Waals surface area contributed by atoms with E-state index in [-0.39, 0.29) is 30.9 Å². The van der Waals surface area contributed by atoms with Crippen LogP contribution in [-0.2, 0) is 0 Å². The first-order chi connectivity index (χ1) is 3.80. The molecule has 1 atom stereocenters. The number of aromatic amines is 1. The largest absolute Gasteiger partial charge is 0.347 e. The minimum atomic E-state index is 0. The molecule has 0 amide bonds. The van der Waals surface area contributed by atoms with Crippen LogP contribution in [0.5, 0.6) is 0 Å².